The van der Waals surface area contributed by atoms with E-state index in [2.05, 4.69) is 4.90 Å². The van der Waals surface area contributed by atoms with Gasteiger partial charge in [0.1, 0.15) is 6.29 Å². The van der Waals surface area contributed by atoms with Gasteiger partial charge in [-0.15, -0.1) is 0 Å². The molecule has 14 heavy (non-hydrogen) atoms. The van der Waals surface area contributed by atoms with Crippen molar-refractivity contribution in [2.45, 2.75) is 12.3 Å². The first-order valence-corrected chi connectivity index (χ1v) is 4.89. The minimum absolute atomic E-state index is 0.0404. The third-order valence-electron chi connectivity index (χ3n) is 2.28. The van der Waals surface area contributed by atoms with Gasteiger partial charge >= 0.3 is 0 Å². The Hall–Kier alpha value is -1.15. The predicted octanol–water partition coefficient (Wildman–Crippen LogP) is 1.92. The Labute approximate surface area is 85.5 Å². The van der Waals surface area contributed by atoms with E-state index in [4.69, 9.17) is 0 Å². The molecule has 0 aliphatic rings. The van der Waals surface area contributed by atoms with Crippen LogP contribution in [0.2, 0.25) is 0 Å². The number of benzene rings is 1. The van der Waals surface area contributed by atoms with E-state index in [0.29, 0.717) is 0 Å². The van der Waals surface area contributed by atoms with Crippen LogP contribution in [0.1, 0.15) is 17.9 Å². The Morgan fingerprint density at radius 2 is 1.93 bits per heavy atom. The highest BCUT2D eigenvalue weighted by Gasteiger charge is 2.09. The molecular formula is C12H17NO. The molecule has 0 fully saturated rings. The fraction of sp³-hybridized carbons (Fsp3) is 0.417. The number of carbonyl (C=O) groups is 1. The van der Waals surface area contributed by atoms with E-state index in [1.165, 1.54) is 0 Å². The molecule has 0 amide bonds. The molecule has 0 aliphatic heterocycles. The smallest absolute Gasteiger partial charge is 0.127 e. The summed E-state index contributed by atoms with van der Waals surface area (Å²) in [5.74, 6) is 0.0404. The van der Waals surface area contributed by atoms with Gasteiger partial charge in [-0.2, -0.15) is 0 Å². The summed E-state index contributed by atoms with van der Waals surface area (Å²) in [6.07, 6.45) is 1.93. The Morgan fingerprint density at radius 3 is 2.43 bits per heavy atom. The minimum Gasteiger partial charge on any atom is -0.309 e. The second-order valence-electron chi connectivity index (χ2n) is 3.75. The second-order valence-corrected chi connectivity index (χ2v) is 3.75. The first-order chi connectivity index (χ1) is 6.74. The van der Waals surface area contributed by atoms with E-state index in [1.807, 2.05) is 44.4 Å². The number of rotatable bonds is 5. The van der Waals surface area contributed by atoms with E-state index in [0.717, 1.165) is 24.8 Å². The molecule has 0 heterocycles. The standard InChI is InChI=1S/C12H17NO/c1-13(2)9-8-12(10-14)11-6-4-3-5-7-11/h3-7,10,12H,8-9H2,1-2H3. The number of carbonyl (C=O) groups excluding carboxylic acids is 1. The summed E-state index contributed by atoms with van der Waals surface area (Å²) in [5.41, 5.74) is 1.12. The third-order valence-corrected chi connectivity index (χ3v) is 2.28. The molecule has 0 radical (unpaired) electrons. The quantitative estimate of drug-likeness (QED) is 0.663. The van der Waals surface area contributed by atoms with Gasteiger partial charge in [0.2, 0.25) is 0 Å². The maximum Gasteiger partial charge on any atom is 0.127 e. The molecule has 0 saturated heterocycles. The summed E-state index contributed by atoms with van der Waals surface area (Å²) in [6, 6.07) is 9.93. The molecule has 1 atom stereocenters. The van der Waals surface area contributed by atoms with Crippen LogP contribution in [-0.2, 0) is 4.79 Å². The van der Waals surface area contributed by atoms with Gasteiger partial charge in [0.05, 0.1) is 0 Å². The lowest BCUT2D eigenvalue weighted by molar-refractivity contribution is -0.109. The number of hydrogen-bond donors (Lipinski definition) is 0. The zero-order chi connectivity index (χ0) is 10.4. The van der Waals surface area contributed by atoms with Crippen LogP contribution in [-0.4, -0.2) is 31.8 Å². The molecule has 0 aliphatic carbocycles. The third kappa shape index (κ3) is 3.30. The molecule has 1 unspecified atom stereocenters. The van der Waals surface area contributed by atoms with Crippen molar-refractivity contribution in [3.63, 3.8) is 0 Å². The molecule has 0 aromatic heterocycles. The highest BCUT2D eigenvalue weighted by molar-refractivity contribution is 5.61. The first kappa shape index (κ1) is 10.9. The lowest BCUT2D eigenvalue weighted by Gasteiger charge is -2.14. The lowest BCUT2D eigenvalue weighted by atomic mass is 9.97. The Morgan fingerprint density at radius 1 is 1.29 bits per heavy atom. The summed E-state index contributed by atoms with van der Waals surface area (Å²) in [4.78, 5) is 13.0. The first-order valence-electron chi connectivity index (χ1n) is 4.89. The van der Waals surface area contributed by atoms with Crippen molar-refractivity contribution >= 4 is 6.29 Å². The number of nitrogens with zero attached hydrogens (tertiary/aromatic N) is 1. The Kier molecular flexibility index (Phi) is 4.33. The molecule has 1 aromatic rings. The van der Waals surface area contributed by atoms with Crippen LogP contribution >= 0.6 is 0 Å². The number of hydrogen-bond acceptors (Lipinski definition) is 2. The maximum atomic E-state index is 10.9. The topological polar surface area (TPSA) is 20.3 Å². The molecular weight excluding hydrogens is 174 g/mol. The van der Waals surface area contributed by atoms with Gasteiger partial charge in [-0.05, 0) is 32.6 Å². The van der Waals surface area contributed by atoms with Crippen LogP contribution in [0, 0.1) is 0 Å². The molecule has 0 bridgehead atoms. The summed E-state index contributed by atoms with van der Waals surface area (Å²) in [7, 11) is 4.04. The van der Waals surface area contributed by atoms with Gasteiger partial charge in [0, 0.05) is 5.92 Å². The van der Waals surface area contributed by atoms with E-state index >= 15 is 0 Å². The number of aldehydes is 1. The summed E-state index contributed by atoms with van der Waals surface area (Å²) in [6.45, 7) is 0.943. The van der Waals surface area contributed by atoms with Crippen LogP contribution in [0.15, 0.2) is 30.3 Å². The van der Waals surface area contributed by atoms with Crippen LogP contribution < -0.4 is 0 Å². The Bertz CT molecular complexity index is 269. The molecule has 0 spiro atoms. The van der Waals surface area contributed by atoms with Crippen molar-refractivity contribution in [3.8, 4) is 0 Å². The van der Waals surface area contributed by atoms with E-state index in [1.54, 1.807) is 0 Å². The highest BCUT2D eigenvalue weighted by atomic mass is 16.1. The average molecular weight is 191 g/mol. The predicted molar refractivity (Wildman–Crippen MR) is 58.4 cm³/mol. The van der Waals surface area contributed by atoms with E-state index in [-0.39, 0.29) is 5.92 Å². The van der Waals surface area contributed by atoms with Gasteiger partial charge in [-0.1, -0.05) is 30.3 Å². The lowest BCUT2D eigenvalue weighted by Crippen LogP contribution is -2.16. The minimum atomic E-state index is 0.0404. The SMILES string of the molecule is CN(C)CCC(C=O)c1ccccc1. The van der Waals surface area contributed by atoms with Crippen molar-refractivity contribution in [2.75, 3.05) is 20.6 Å². The molecule has 2 heteroatoms. The van der Waals surface area contributed by atoms with Crippen molar-refractivity contribution < 1.29 is 4.79 Å². The Balaban J connectivity index is 2.59. The van der Waals surface area contributed by atoms with Crippen LogP contribution in [0.25, 0.3) is 0 Å². The second kappa shape index (κ2) is 5.55. The molecule has 1 rings (SSSR count). The van der Waals surface area contributed by atoms with Gasteiger partial charge in [-0.3, -0.25) is 0 Å². The van der Waals surface area contributed by atoms with Crippen LogP contribution in [0.3, 0.4) is 0 Å². The maximum absolute atomic E-state index is 10.9. The molecule has 76 valence electrons. The monoisotopic (exact) mass is 191 g/mol. The zero-order valence-electron chi connectivity index (χ0n) is 8.81. The van der Waals surface area contributed by atoms with Crippen molar-refractivity contribution in [2.24, 2.45) is 0 Å². The highest BCUT2D eigenvalue weighted by Crippen LogP contribution is 2.16. The normalized spacial score (nSPS) is 12.8. The molecule has 1 aromatic carbocycles. The fourth-order valence-electron chi connectivity index (χ4n) is 1.41. The van der Waals surface area contributed by atoms with Crippen LogP contribution in [0.4, 0.5) is 0 Å². The van der Waals surface area contributed by atoms with Crippen molar-refractivity contribution in [1.29, 1.82) is 0 Å². The van der Waals surface area contributed by atoms with Gasteiger partial charge in [-0.25, -0.2) is 0 Å². The van der Waals surface area contributed by atoms with E-state index in [9.17, 15) is 4.79 Å². The van der Waals surface area contributed by atoms with E-state index < -0.39 is 0 Å². The molecule has 2 nitrogen and oxygen atoms in total. The average Bonchev–Trinajstić information content (AvgIpc) is 2.20. The van der Waals surface area contributed by atoms with Gasteiger partial charge < -0.3 is 9.69 Å². The molecule has 0 N–H and O–H groups in total. The fourth-order valence-corrected chi connectivity index (χ4v) is 1.41. The summed E-state index contributed by atoms with van der Waals surface area (Å²) < 4.78 is 0. The van der Waals surface area contributed by atoms with Gasteiger partial charge in [0.25, 0.3) is 0 Å². The van der Waals surface area contributed by atoms with Crippen molar-refractivity contribution in [3.05, 3.63) is 35.9 Å². The van der Waals surface area contributed by atoms with Crippen LogP contribution in [0.5, 0.6) is 0 Å². The zero-order valence-corrected chi connectivity index (χ0v) is 8.81. The molecule has 0 saturated carbocycles. The van der Waals surface area contributed by atoms with Crippen molar-refractivity contribution in [1.82, 2.24) is 4.90 Å². The van der Waals surface area contributed by atoms with Gasteiger partial charge in [0.15, 0.2) is 0 Å². The summed E-state index contributed by atoms with van der Waals surface area (Å²) >= 11 is 0. The summed E-state index contributed by atoms with van der Waals surface area (Å²) in [5, 5.41) is 0. The largest absolute Gasteiger partial charge is 0.309 e.